The van der Waals surface area contributed by atoms with Gasteiger partial charge in [0.2, 0.25) is 11.8 Å². The number of hydrogen-bond acceptors (Lipinski definition) is 4. The number of fused-ring (bicyclic) bond motifs is 1. The summed E-state index contributed by atoms with van der Waals surface area (Å²) in [6, 6.07) is 6.08. The Morgan fingerprint density at radius 3 is 2.17 bits per heavy atom. The molecule has 3 heterocycles. The molecule has 3 saturated heterocycles. The van der Waals surface area contributed by atoms with Crippen molar-refractivity contribution in [2.45, 2.75) is 68.8 Å². The van der Waals surface area contributed by atoms with Gasteiger partial charge in [0.1, 0.15) is 5.82 Å². The fourth-order valence-electron chi connectivity index (χ4n) is 6.34. The molecule has 1 N–H and O–H groups in total. The number of piperidine rings is 1. The van der Waals surface area contributed by atoms with Gasteiger partial charge in [-0.05, 0) is 61.2 Å². The highest BCUT2D eigenvalue weighted by Gasteiger charge is 2.51. The number of likely N-dealkylation sites (tertiary alicyclic amines) is 1. The molecule has 0 aromatic heterocycles. The van der Waals surface area contributed by atoms with Crippen LogP contribution in [0.1, 0.15) is 60.5 Å². The Labute approximate surface area is 237 Å². The molecule has 2 aromatic carbocycles. The molecule has 5 rings (SSSR count). The first-order chi connectivity index (χ1) is 19.6. The smallest absolute Gasteiger partial charge is 0.391 e. The van der Waals surface area contributed by atoms with Gasteiger partial charge in [-0.15, -0.1) is 0 Å². The average molecular weight is 603 g/mol. The lowest BCUT2D eigenvalue weighted by Crippen LogP contribution is -2.48. The number of nitrogens with zero attached hydrogens (tertiary/aromatic N) is 2. The lowest BCUT2D eigenvalue weighted by atomic mass is 9.81. The Balaban J connectivity index is 1.45. The van der Waals surface area contributed by atoms with Crippen LogP contribution in [0, 0.1) is 11.7 Å². The first-order valence-corrected chi connectivity index (χ1v) is 13.6. The summed E-state index contributed by atoms with van der Waals surface area (Å²) < 4.78 is 101. The van der Waals surface area contributed by atoms with Crippen molar-refractivity contribution in [1.29, 1.82) is 0 Å². The molecule has 3 unspecified atom stereocenters. The van der Waals surface area contributed by atoms with Gasteiger partial charge in [-0.25, -0.2) is 4.39 Å². The number of halogens is 7. The molecule has 0 saturated carbocycles. The van der Waals surface area contributed by atoms with Crippen LogP contribution in [0.2, 0.25) is 0 Å². The maximum absolute atomic E-state index is 13.8. The fourth-order valence-corrected chi connectivity index (χ4v) is 6.34. The van der Waals surface area contributed by atoms with Crippen LogP contribution in [0.3, 0.4) is 0 Å². The van der Waals surface area contributed by atoms with E-state index in [1.807, 2.05) is 0 Å². The largest absolute Gasteiger partial charge is 0.416 e. The second-order valence-corrected chi connectivity index (χ2v) is 11.2. The minimum absolute atomic E-state index is 0.00961. The first kappa shape index (κ1) is 30.3. The van der Waals surface area contributed by atoms with E-state index in [4.69, 9.17) is 4.74 Å². The Hall–Kier alpha value is -3.19. The van der Waals surface area contributed by atoms with E-state index in [-0.39, 0.29) is 49.4 Å². The number of alkyl halides is 6. The van der Waals surface area contributed by atoms with Crippen LogP contribution in [0.25, 0.3) is 0 Å². The zero-order valence-corrected chi connectivity index (χ0v) is 22.5. The van der Waals surface area contributed by atoms with Crippen LogP contribution in [0.4, 0.5) is 30.7 Å². The third-order valence-corrected chi connectivity index (χ3v) is 8.40. The molecule has 0 spiro atoms. The van der Waals surface area contributed by atoms with Crippen LogP contribution < -0.4 is 0 Å². The fraction of sp³-hybridized carbons (Fsp3) is 0.517. The molecule has 0 radical (unpaired) electrons. The quantitative estimate of drug-likeness (QED) is 0.472. The molecule has 42 heavy (non-hydrogen) atoms. The van der Waals surface area contributed by atoms with Crippen LogP contribution in [-0.2, 0) is 26.7 Å². The van der Waals surface area contributed by atoms with E-state index in [2.05, 4.69) is 0 Å². The lowest BCUT2D eigenvalue weighted by Gasteiger charge is -2.37. The minimum atomic E-state index is -5.03. The highest BCUT2D eigenvalue weighted by molar-refractivity contribution is 5.88. The topological polar surface area (TPSA) is 70.1 Å². The molecular formula is C29H29F7N2O4. The number of rotatable bonds is 5. The number of amides is 2. The summed E-state index contributed by atoms with van der Waals surface area (Å²) in [6.07, 6.45) is -12.2. The molecule has 228 valence electrons. The Morgan fingerprint density at radius 1 is 1.00 bits per heavy atom. The SMILES string of the molecule is C[C@@H](O[C@H]1CN2C(=O)CC(C(=O)N3CC[C@@H](O)C3)CC2C1c1ccc(F)cc1)c1cc(C(F)(F)F)cc(C(F)(F)F)c1. The van der Waals surface area contributed by atoms with Crippen molar-refractivity contribution in [2.24, 2.45) is 5.92 Å². The van der Waals surface area contributed by atoms with Gasteiger partial charge in [0.15, 0.2) is 0 Å². The normalized spacial score (nSPS) is 27.4. The van der Waals surface area contributed by atoms with Gasteiger partial charge in [0.05, 0.1) is 29.4 Å². The van der Waals surface area contributed by atoms with Gasteiger partial charge in [0.25, 0.3) is 0 Å². The van der Waals surface area contributed by atoms with E-state index in [0.717, 1.165) is 0 Å². The molecule has 0 bridgehead atoms. The van der Waals surface area contributed by atoms with E-state index >= 15 is 0 Å². The molecule has 3 aliphatic heterocycles. The highest BCUT2D eigenvalue weighted by atomic mass is 19.4. The predicted molar refractivity (Wildman–Crippen MR) is 134 cm³/mol. The molecule has 6 atom stereocenters. The highest BCUT2D eigenvalue weighted by Crippen LogP contribution is 2.45. The number of benzene rings is 2. The predicted octanol–water partition coefficient (Wildman–Crippen LogP) is 5.31. The van der Waals surface area contributed by atoms with Crippen molar-refractivity contribution in [3.05, 3.63) is 70.5 Å². The second-order valence-electron chi connectivity index (χ2n) is 11.2. The number of β-amino-alcohol motifs (C(OH)–C–C–N with tert-alkyl or cyclic N) is 1. The molecule has 2 aromatic rings. The van der Waals surface area contributed by atoms with Gasteiger partial charge >= 0.3 is 12.4 Å². The summed E-state index contributed by atoms with van der Waals surface area (Å²) in [7, 11) is 0. The van der Waals surface area contributed by atoms with Crippen molar-refractivity contribution in [3.63, 3.8) is 0 Å². The molecule has 3 aliphatic rings. The zero-order valence-electron chi connectivity index (χ0n) is 22.5. The van der Waals surface area contributed by atoms with Gasteiger partial charge in [-0.2, -0.15) is 26.3 Å². The van der Waals surface area contributed by atoms with Crippen LogP contribution >= 0.6 is 0 Å². The standard InChI is InChI=1S/C29H29F7N2O4/c1-15(17-8-19(28(31,32)33)12-20(9-17)29(34,35)36)42-24-14-38-23(26(24)16-2-4-21(30)5-3-16)10-18(11-25(38)40)27(41)37-7-6-22(39)13-37/h2-5,8-9,12,15,18,22-24,26,39H,6-7,10-11,13-14H2,1H3/t15-,18?,22-,23?,24+,26?/m1/s1. The van der Waals surface area contributed by atoms with Gasteiger partial charge in [-0.3, -0.25) is 9.59 Å². The summed E-state index contributed by atoms with van der Waals surface area (Å²) in [5, 5.41) is 9.86. The molecule has 0 aliphatic carbocycles. The minimum Gasteiger partial charge on any atom is -0.391 e. The molecule has 2 amide bonds. The van der Waals surface area contributed by atoms with E-state index in [9.17, 15) is 45.4 Å². The van der Waals surface area contributed by atoms with Crippen molar-refractivity contribution < 1.29 is 50.2 Å². The van der Waals surface area contributed by atoms with Crippen LogP contribution in [0.15, 0.2) is 42.5 Å². The number of aliphatic hydroxyl groups is 1. The number of aliphatic hydroxyl groups excluding tert-OH is 1. The van der Waals surface area contributed by atoms with E-state index < -0.39 is 65.5 Å². The van der Waals surface area contributed by atoms with E-state index in [0.29, 0.717) is 30.7 Å². The van der Waals surface area contributed by atoms with Crippen LogP contribution in [-0.4, -0.2) is 64.6 Å². The zero-order chi connectivity index (χ0) is 30.6. The second kappa shape index (κ2) is 11.1. The van der Waals surface area contributed by atoms with E-state index in [1.165, 1.54) is 41.0 Å². The van der Waals surface area contributed by atoms with Crippen molar-refractivity contribution >= 4 is 11.8 Å². The van der Waals surface area contributed by atoms with Crippen molar-refractivity contribution in [3.8, 4) is 0 Å². The lowest BCUT2D eigenvalue weighted by molar-refractivity contribution is -0.146. The number of carbonyl (C=O) groups excluding carboxylic acids is 2. The maximum atomic E-state index is 13.8. The molecule has 13 heteroatoms. The molecule has 3 fully saturated rings. The van der Waals surface area contributed by atoms with E-state index in [1.54, 1.807) is 0 Å². The van der Waals surface area contributed by atoms with Crippen molar-refractivity contribution in [2.75, 3.05) is 19.6 Å². The molecule has 6 nitrogen and oxygen atoms in total. The summed E-state index contributed by atoms with van der Waals surface area (Å²) in [4.78, 5) is 29.5. The Morgan fingerprint density at radius 2 is 1.62 bits per heavy atom. The first-order valence-electron chi connectivity index (χ1n) is 13.6. The Kier molecular flexibility index (Phi) is 8.03. The number of hydrogen-bond donors (Lipinski definition) is 1. The maximum Gasteiger partial charge on any atom is 0.416 e. The van der Waals surface area contributed by atoms with Gasteiger partial charge in [0, 0.05) is 43.9 Å². The Bertz CT molecular complexity index is 1300. The average Bonchev–Trinajstić information content (AvgIpc) is 3.51. The van der Waals surface area contributed by atoms with Crippen molar-refractivity contribution in [1.82, 2.24) is 9.80 Å². The third-order valence-electron chi connectivity index (χ3n) is 8.40. The number of carbonyl (C=O) groups is 2. The number of ether oxygens (including phenoxy) is 1. The third kappa shape index (κ3) is 6.12. The summed E-state index contributed by atoms with van der Waals surface area (Å²) in [5.74, 6) is -2.44. The van der Waals surface area contributed by atoms with Gasteiger partial charge in [-0.1, -0.05) is 12.1 Å². The summed E-state index contributed by atoms with van der Waals surface area (Å²) >= 11 is 0. The molecular weight excluding hydrogens is 573 g/mol. The monoisotopic (exact) mass is 602 g/mol. The van der Waals surface area contributed by atoms with Crippen LogP contribution in [0.5, 0.6) is 0 Å². The summed E-state index contributed by atoms with van der Waals surface area (Å²) in [5.41, 5.74) is -2.72. The van der Waals surface area contributed by atoms with Gasteiger partial charge < -0.3 is 19.6 Å². The summed E-state index contributed by atoms with van der Waals surface area (Å²) in [6.45, 7) is 1.85.